The molecule has 0 radical (unpaired) electrons. The molecule has 2 aromatic heterocycles. The topological polar surface area (TPSA) is 76.9 Å². The Labute approximate surface area is 154 Å². The third kappa shape index (κ3) is 4.00. The van der Waals surface area contributed by atoms with Crippen molar-refractivity contribution in [2.75, 3.05) is 0 Å². The van der Waals surface area contributed by atoms with Crippen LogP contribution in [-0.4, -0.2) is 23.2 Å². The van der Waals surface area contributed by atoms with E-state index in [1.807, 2.05) is 31.4 Å². The molecular formula is C19H22N4O2S. The third-order valence-electron chi connectivity index (χ3n) is 4.18. The van der Waals surface area contributed by atoms with Gasteiger partial charge in [-0.3, -0.25) is 9.67 Å². The van der Waals surface area contributed by atoms with Crippen LogP contribution >= 0.6 is 0 Å². The van der Waals surface area contributed by atoms with Crippen LogP contribution < -0.4 is 4.72 Å². The van der Waals surface area contributed by atoms with Crippen molar-refractivity contribution >= 4 is 10.0 Å². The molecule has 7 heteroatoms. The number of pyridine rings is 1. The lowest BCUT2D eigenvalue weighted by molar-refractivity contribution is 0.581. The van der Waals surface area contributed by atoms with Crippen molar-refractivity contribution in [3.8, 4) is 11.3 Å². The molecule has 0 aliphatic carbocycles. The average molecular weight is 370 g/mol. The van der Waals surface area contributed by atoms with Crippen molar-refractivity contribution in [3.63, 3.8) is 0 Å². The Kier molecular flexibility index (Phi) is 5.20. The number of nitrogens with zero attached hydrogens (tertiary/aromatic N) is 3. The second kappa shape index (κ2) is 7.39. The van der Waals surface area contributed by atoms with Crippen LogP contribution in [0, 0.1) is 0 Å². The molecule has 0 atom stereocenters. The summed E-state index contributed by atoms with van der Waals surface area (Å²) in [5, 5.41) is 4.15. The van der Waals surface area contributed by atoms with Gasteiger partial charge in [0.25, 0.3) is 0 Å². The highest BCUT2D eigenvalue weighted by atomic mass is 32.2. The van der Waals surface area contributed by atoms with Crippen LogP contribution in [-0.2, 0) is 23.6 Å². The summed E-state index contributed by atoms with van der Waals surface area (Å²) in [4.78, 5) is 4.64. The molecule has 0 saturated heterocycles. The number of benzene rings is 1. The van der Waals surface area contributed by atoms with E-state index in [0.29, 0.717) is 5.92 Å². The van der Waals surface area contributed by atoms with E-state index in [1.54, 1.807) is 35.3 Å². The van der Waals surface area contributed by atoms with E-state index >= 15 is 0 Å². The molecule has 26 heavy (non-hydrogen) atoms. The maximum absolute atomic E-state index is 12.6. The molecule has 3 aromatic rings. The van der Waals surface area contributed by atoms with Gasteiger partial charge in [0.15, 0.2) is 0 Å². The summed E-state index contributed by atoms with van der Waals surface area (Å²) in [6.45, 7) is 4.31. The molecule has 0 aliphatic heterocycles. The first-order chi connectivity index (χ1) is 12.4. The number of nitrogens with one attached hydrogen (secondary N) is 1. The Balaban J connectivity index is 1.80. The van der Waals surface area contributed by atoms with Crippen LogP contribution in [0.5, 0.6) is 0 Å². The Morgan fingerprint density at radius 2 is 1.88 bits per heavy atom. The van der Waals surface area contributed by atoms with E-state index in [-0.39, 0.29) is 11.4 Å². The van der Waals surface area contributed by atoms with Crippen LogP contribution in [0.2, 0.25) is 0 Å². The van der Waals surface area contributed by atoms with Crippen molar-refractivity contribution in [3.05, 3.63) is 66.1 Å². The van der Waals surface area contributed by atoms with Gasteiger partial charge in [-0.15, -0.1) is 0 Å². The molecule has 0 amide bonds. The minimum absolute atomic E-state index is 0.159. The summed E-state index contributed by atoms with van der Waals surface area (Å²) in [5.41, 5.74) is 3.47. The van der Waals surface area contributed by atoms with Gasteiger partial charge in [-0.25, -0.2) is 13.1 Å². The zero-order valence-electron chi connectivity index (χ0n) is 15.0. The molecule has 0 bridgehead atoms. The largest absolute Gasteiger partial charge is 0.275 e. The fraction of sp³-hybridized carbons (Fsp3) is 0.263. The lowest BCUT2D eigenvalue weighted by Gasteiger charge is -2.11. The van der Waals surface area contributed by atoms with Crippen LogP contribution in [0.1, 0.15) is 30.9 Å². The van der Waals surface area contributed by atoms with E-state index in [1.165, 1.54) is 0 Å². The first kappa shape index (κ1) is 18.3. The van der Waals surface area contributed by atoms with Gasteiger partial charge in [0.1, 0.15) is 0 Å². The highest BCUT2D eigenvalue weighted by molar-refractivity contribution is 7.89. The first-order valence-corrected chi connectivity index (χ1v) is 9.87. The van der Waals surface area contributed by atoms with E-state index in [9.17, 15) is 8.42 Å². The lowest BCUT2D eigenvalue weighted by atomic mass is 10.0. The number of hydrogen-bond acceptors (Lipinski definition) is 4. The second-order valence-corrected chi connectivity index (χ2v) is 8.23. The van der Waals surface area contributed by atoms with E-state index in [4.69, 9.17) is 0 Å². The Morgan fingerprint density at radius 1 is 1.15 bits per heavy atom. The Bertz CT molecular complexity index is 992. The fourth-order valence-corrected chi connectivity index (χ4v) is 3.68. The van der Waals surface area contributed by atoms with Crippen LogP contribution in [0.3, 0.4) is 0 Å². The predicted octanol–water partition coefficient (Wildman–Crippen LogP) is 3.08. The highest BCUT2D eigenvalue weighted by Crippen LogP contribution is 2.21. The van der Waals surface area contributed by atoms with Gasteiger partial charge < -0.3 is 0 Å². The number of sulfonamides is 1. The molecule has 1 aromatic carbocycles. The summed E-state index contributed by atoms with van der Waals surface area (Å²) in [6, 6.07) is 10.6. The van der Waals surface area contributed by atoms with Crippen LogP contribution in [0.4, 0.5) is 0 Å². The van der Waals surface area contributed by atoms with Gasteiger partial charge in [0.05, 0.1) is 16.8 Å². The molecule has 0 spiro atoms. The summed E-state index contributed by atoms with van der Waals surface area (Å²) in [7, 11) is -1.76. The third-order valence-corrected chi connectivity index (χ3v) is 5.60. The number of rotatable bonds is 6. The molecule has 6 nitrogen and oxygen atoms in total. The average Bonchev–Trinajstić information content (AvgIpc) is 3.06. The monoisotopic (exact) mass is 370 g/mol. The van der Waals surface area contributed by atoms with E-state index < -0.39 is 10.0 Å². The smallest absolute Gasteiger partial charge is 0.240 e. The van der Waals surface area contributed by atoms with E-state index in [0.717, 1.165) is 22.4 Å². The van der Waals surface area contributed by atoms with Gasteiger partial charge in [-0.05, 0) is 35.2 Å². The maximum Gasteiger partial charge on any atom is 0.240 e. The minimum Gasteiger partial charge on any atom is -0.275 e. The molecule has 0 aliphatic rings. The number of aromatic nitrogens is 3. The molecule has 3 rings (SSSR count). The van der Waals surface area contributed by atoms with Crippen molar-refractivity contribution < 1.29 is 8.42 Å². The zero-order chi connectivity index (χ0) is 18.7. The zero-order valence-corrected chi connectivity index (χ0v) is 15.9. The van der Waals surface area contributed by atoms with Crippen molar-refractivity contribution in [2.45, 2.75) is 31.2 Å². The van der Waals surface area contributed by atoms with Gasteiger partial charge in [-0.2, -0.15) is 5.10 Å². The van der Waals surface area contributed by atoms with Gasteiger partial charge >= 0.3 is 0 Å². The van der Waals surface area contributed by atoms with Gasteiger partial charge in [0, 0.05) is 31.5 Å². The molecule has 136 valence electrons. The van der Waals surface area contributed by atoms with E-state index in [2.05, 4.69) is 28.7 Å². The predicted molar refractivity (Wildman–Crippen MR) is 101 cm³/mol. The molecule has 0 unspecified atom stereocenters. The van der Waals surface area contributed by atoms with Crippen LogP contribution in [0.25, 0.3) is 11.3 Å². The second-order valence-electron chi connectivity index (χ2n) is 6.46. The van der Waals surface area contributed by atoms with Gasteiger partial charge in [-0.1, -0.05) is 32.0 Å². The first-order valence-electron chi connectivity index (χ1n) is 8.39. The summed E-state index contributed by atoms with van der Waals surface area (Å²) in [5.74, 6) is 0.358. The normalized spacial score (nSPS) is 11.8. The van der Waals surface area contributed by atoms with Crippen molar-refractivity contribution in [1.29, 1.82) is 0 Å². The number of hydrogen-bond donors (Lipinski definition) is 1. The minimum atomic E-state index is -3.59. The maximum atomic E-state index is 12.6. The number of aryl methyl sites for hydroxylation is 1. The quantitative estimate of drug-likeness (QED) is 0.723. The lowest BCUT2D eigenvalue weighted by Crippen LogP contribution is -2.23. The standard InChI is InChI=1S/C19H22N4O2S/c1-14(2)15-6-8-18(9-7-15)26(24,25)22-12-16-5-4-10-20-19(16)17-11-21-23(3)13-17/h4-11,13-14,22H,12H2,1-3H3. The highest BCUT2D eigenvalue weighted by Gasteiger charge is 2.16. The molecule has 2 heterocycles. The molecular weight excluding hydrogens is 348 g/mol. The van der Waals surface area contributed by atoms with Gasteiger partial charge in [0.2, 0.25) is 10.0 Å². The fourth-order valence-electron chi connectivity index (χ4n) is 2.67. The molecule has 1 N–H and O–H groups in total. The van der Waals surface area contributed by atoms with Crippen molar-refractivity contribution in [1.82, 2.24) is 19.5 Å². The summed E-state index contributed by atoms with van der Waals surface area (Å²) < 4.78 is 29.5. The molecule has 0 saturated carbocycles. The molecule has 0 fully saturated rings. The van der Waals surface area contributed by atoms with Crippen LogP contribution in [0.15, 0.2) is 59.9 Å². The SMILES string of the molecule is CC(C)c1ccc(S(=O)(=O)NCc2cccnc2-c2cnn(C)c2)cc1. The Hall–Kier alpha value is -2.51. The van der Waals surface area contributed by atoms with Crippen molar-refractivity contribution in [2.24, 2.45) is 7.05 Å². The Morgan fingerprint density at radius 3 is 2.50 bits per heavy atom. The summed E-state index contributed by atoms with van der Waals surface area (Å²) >= 11 is 0. The summed E-state index contributed by atoms with van der Waals surface area (Å²) in [6.07, 6.45) is 5.25.